The van der Waals surface area contributed by atoms with Crippen LogP contribution in [0.1, 0.15) is 0 Å². The van der Waals surface area contributed by atoms with Crippen LogP contribution in [0, 0.1) is 0 Å². The van der Waals surface area contributed by atoms with Gasteiger partial charge in [-0.2, -0.15) is 0 Å². The molecule has 0 aliphatic rings. The lowest BCUT2D eigenvalue weighted by Crippen LogP contribution is -1.93. The molecule has 0 saturated carbocycles. The Balaban J connectivity index is 1.95. The zero-order valence-electron chi connectivity index (χ0n) is 14.1. The monoisotopic (exact) mass is 320 g/mol. The van der Waals surface area contributed by atoms with Crippen LogP contribution in [0.15, 0.2) is 66.7 Å². The highest BCUT2D eigenvalue weighted by molar-refractivity contribution is 5.76. The van der Waals surface area contributed by atoms with Gasteiger partial charge in [-0.3, -0.25) is 0 Å². The SMILES string of the molecule is COc1ccc(-c2ccc(-c3cccc(OC)c3OC)cc2)cc1. The molecule has 0 atom stereocenters. The van der Waals surface area contributed by atoms with Gasteiger partial charge in [-0.05, 0) is 34.9 Å². The van der Waals surface area contributed by atoms with Crippen LogP contribution in [0.4, 0.5) is 0 Å². The van der Waals surface area contributed by atoms with E-state index in [1.54, 1.807) is 21.3 Å². The fraction of sp³-hybridized carbons (Fsp3) is 0.143. The number of methoxy groups -OCH3 is 3. The van der Waals surface area contributed by atoms with Crippen molar-refractivity contribution >= 4 is 0 Å². The summed E-state index contributed by atoms with van der Waals surface area (Å²) in [6, 6.07) is 22.3. The summed E-state index contributed by atoms with van der Waals surface area (Å²) < 4.78 is 16.1. The Hall–Kier alpha value is -2.94. The van der Waals surface area contributed by atoms with Crippen molar-refractivity contribution in [1.29, 1.82) is 0 Å². The molecular formula is C21H20O3. The Morgan fingerprint density at radius 1 is 0.542 bits per heavy atom. The lowest BCUT2D eigenvalue weighted by atomic mass is 9.99. The van der Waals surface area contributed by atoms with Gasteiger partial charge in [0.1, 0.15) is 5.75 Å². The minimum atomic E-state index is 0.731. The van der Waals surface area contributed by atoms with Crippen LogP contribution in [0.2, 0.25) is 0 Å². The van der Waals surface area contributed by atoms with Crippen LogP contribution in [-0.4, -0.2) is 21.3 Å². The first-order valence-corrected chi connectivity index (χ1v) is 7.72. The van der Waals surface area contributed by atoms with E-state index < -0.39 is 0 Å². The van der Waals surface area contributed by atoms with E-state index in [-0.39, 0.29) is 0 Å². The summed E-state index contributed by atoms with van der Waals surface area (Å²) in [6.07, 6.45) is 0. The first kappa shape index (κ1) is 15.9. The Bertz CT molecular complexity index is 805. The molecule has 3 nitrogen and oxygen atoms in total. The molecule has 0 saturated heterocycles. The van der Waals surface area contributed by atoms with Crippen molar-refractivity contribution < 1.29 is 14.2 Å². The molecule has 0 bridgehead atoms. The quantitative estimate of drug-likeness (QED) is 0.658. The Morgan fingerprint density at radius 2 is 1.12 bits per heavy atom. The average Bonchev–Trinajstić information content (AvgIpc) is 2.67. The van der Waals surface area contributed by atoms with E-state index in [2.05, 4.69) is 36.4 Å². The Labute approximate surface area is 142 Å². The summed E-state index contributed by atoms with van der Waals surface area (Å²) >= 11 is 0. The predicted molar refractivity (Wildman–Crippen MR) is 97.0 cm³/mol. The maximum atomic E-state index is 5.52. The molecule has 24 heavy (non-hydrogen) atoms. The highest BCUT2D eigenvalue weighted by Crippen LogP contribution is 2.38. The topological polar surface area (TPSA) is 27.7 Å². The Morgan fingerprint density at radius 3 is 1.67 bits per heavy atom. The van der Waals surface area contributed by atoms with Crippen molar-refractivity contribution in [2.75, 3.05) is 21.3 Å². The van der Waals surface area contributed by atoms with Crippen molar-refractivity contribution in [1.82, 2.24) is 0 Å². The van der Waals surface area contributed by atoms with Crippen LogP contribution in [-0.2, 0) is 0 Å². The van der Waals surface area contributed by atoms with Crippen molar-refractivity contribution in [2.45, 2.75) is 0 Å². The minimum absolute atomic E-state index is 0.731. The van der Waals surface area contributed by atoms with Gasteiger partial charge in [0.2, 0.25) is 0 Å². The van der Waals surface area contributed by atoms with E-state index in [9.17, 15) is 0 Å². The third kappa shape index (κ3) is 3.06. The van der Waals surface area contributed by atoms with Gasteiger partial charge in [-0.1, -0.05) is 48.5 Å². The molecule has 3 aromatic carbocycles. The van der Waals surface area contributed by atoms with Gasteiger partial charge < -0.3 is 14.2 Å². The summed E-state index contributed by atoms with van der Waals surface area (Å²) in [5.41, 5.74) is 4.41. The van der Waals surface area contributed by atoms with Gasteiger partial charge in [-0.15, -0.1) is 0 Å². The number of para-hydroxylation sites is 1. The molecule has 0 aliphatic carbocycles. The zero-order valence-corrected chi connectivity index (χ0v) is 14.1. The molecular weight excluding hydrogens is 300 g/mol. The fourth-order valence-corrected chi connectivity index (χ4v) is 2.74. The number of hydrogen-bond donors (Lipinski definition) is 0. The maximum Gasteiger partial charge on any atom is 0.168 e. The van der Waals surface area contributed by atoms with E-state index in [0.29, 0.717) is 0 Å². The second-order valence-corrected chi connectivity index (χ2v) is 5.35. The largest absolute Gasteiger partial charge is 0.497 e. The van der Waals surface area contributed by atoms with Gasteiger partial charge in [0, 0.05) is 5.56 Å². The molecule has 0 fully saturated rings. The third-order valence-corrected chi connectivity index (χ3v) is 4.02. The summed E-state index contributed by atoms with van der Waals surface area (Å²) in [4.78, 5) is 0. The predicted octanol–water partition coefficient (Wildman–Crippen LogP) is 5.05. The second kappa shape index (κ2) is 7.09. The Kier molecular flexibility index (Phi) is 4.71. The average molecular weight is 320 g/mol. The number of ether oxygens (including phenoxy) is 3. The van der Waals surface area contributed by atoms with Crippen LogP contribution < -0.4 is 14.2 Å². The van der Waals surface area contributed by atoms with Crippen molar-refractivity contribution in [3.63, 3.8) is 0 Å². The first-order valence-electron chi connectivity index (χ1n) is 7.72. The summed E-state index contributed by atoms with van der Waals surface area (Å²) in [6.45, 7) is 0. The van der Waals surface area contributed by atoms with Gasteiger partial charge in [0.25, 0.3) is 0 Å². The molecule has 0 N–H and O–H groups in total. The lowest BCUT2D eigenvalue weighted by molar-refractivity contribution is 0.356. The molecule has 0 unspecified atom stereocenters. The van der Waals surface area contributed by atoms with Gasteiger partial charge in [0.05, 0.1) is 21.3 Å². The van der Waals surface area contributed by atoms with Gasteiger partial charge in [0.15, 0.2) is 11.5 Å². The third-order valence-electron chi connectivity index (χ3n) is 4.02. The van der Waals surface area contributed by atoms with Crippen molar-refractivity contribution in [2.24, 2.45) is 0 Å². The first-order chi connectivity index (χ1) is 11.8. The molecule has 3 heteroatoms. The van der Waals surface area contributed by atoms with Crippen LogP contribution in [0.3, 0.4) is 0 Å². The number of rotatable bonds is 5. The molecule has 122 valence electrons. The number of hydrogen-bond acceptors (Lipinski definition) is 3. The molecule has 3 aromatic rings. The van der Waals surface area contributed by atoms with Crippen LogP contribution >= 0.6 is 0 Å². The highest BCUT2D eigenvalue weighted by Gasteiger charge is 2.11. The molecule has 0 spiro atoms. The number of benzene rings is 3. The van der Waals surface area contributed by atoms with Gasteiger partial charge >= 0.3 is 0 Å². The molecule has 0 aliphatic heterocycles. The van der Waals surface area contributed by atoms with E-state index >= 15 is 0 Å². The summed E-state index contributed by atoms with van der Waals surface area (Å²) in [7, 11) is 4.98. The highest BCUT2D eigenvalue weighted by atomic mass is 16.5. The molecule has 0 radical (unpaired) electrons. The second-order valence-electron chi connectivity index (χ2n) is 5.35. The van der Waals surface area contributed by atoms with E-state index in [1.807, 2.05) is 30.3 Å². The zero-order chi connectivity index (χ0) is 16.9. The fourth-order valence-electron chi connectivity index (χ4n) is 2.74. The smallest absolute Gasteiger partial charge is 0.168 e. The van der Waals surface area contributed by atoms with Crippen molar-refractivity contribution in [3.8, 4) is 39.5 Å². The van der Waals surface area contributed by atoms with E-state index in [1.165, 1.54) is 0 Å². The standard InChI is InChI=1S/C21H20O3/c1-22-18-13-11-16(12-14-18)15-7-9-17(10-8-15)19-5-4-6-20(23-2)21(19)24-3/h4-14H,1-3H3. The normalized spacial score (nSPS) is 10.3. The van der Waals surface area contributed by atoms with E-state index in [4.69, 9.17) is 14.2 Å². The summed E-state index contributed by atoms with van der Waals surface area (Å²) in [5, 5.41) is 0. The molecule has 3 rings (SSSR count). The molecule has 0 heterocycles. The maximum absolute atomic E-state index is 5.52. The lowest BCUT2D eigenvalue weighted by Gasteiger charge is -2.13. The van der Waals surface area contributed by atoms with Crippen LogP contribution in [0.5, 0.6) is 17.2 Å². The van der Waals surface area contributed by atoms with Crippen LogP contribution in [0.25, 0.3) is 22.3 Å². The van der Waals surface area contributed by atoms with E-state index in [0.717, 1.165) is 39.5 Å². The van der Waals surface area contributed by atoms with Crippen molar-refractivity contribution in [3.05, 3.63) is 66.7 Å². The van der Waals surface area contributed by atoms with Gasteiger partial charge in [-0.25, -0.2) is 0 Å². The summed E-state index contributed by atoms with van der Waals surface area (Å²) in [5.74, 6) is 2.34. The molecule has 0 aromatic heterocycles. The minimum Gasteiger partial charge on any atom is -0.497 e. The molecule has 0 amide bonds.